The van der Waals surface area contributed by atoms with E-state index in [1.54, 1.807) is 24.5 Å². The minimum Gasteiger partial charge on any atom is -0.390 e. The van der Waals surface area contributed by atoms with E-state index in [0.717, 1.165) is 17.7 Å². The number of benzene rings is 1. The highest BCUT2D eigenvalue weighted by atomic mass is 19.4. The molecule has 3 rings (SSSR count). The quantitative estimate of drug-likeness (QED) is 0.791. The lowest BCUT2D eigenvalue weighted by Gasteiger charge is -2.24. The van der Waals surface area contributed by atoms with Crippen molar-refractivity contribution in [1.29, 1.82) is 0 Å². The lowest BCUT2D eigenvalue weighted by molar-refractivity contribution is -0.137. The van der Waals surface area contributed by atoms with Gasteiger partial charge < -0.3 is 15.5 Å². The van der Waals surface area contributed by atoms with E-state index >= 15 is 0 Å². The molecule has 7 heteroatoms. The molecule has 2 aromatic rings. The molecular formula is C18H19F3N2O2. The van der Waals surface area contributed by atoms with Crippen LogP contribution in [0.4, 0.5) is 13.2 Å². The van der Waals surface area contributed by atoms with Gasteiger partial charge in [0.15, 0.2) is 0 Å². The van der Waals surface area contributed by atoms with Crippen LogP contribution in [-0.4, -0.2) is 33.4 Å². The average Bonchev–Trinajstić information content (AvgIpc) is 2.88. The lowest BCUT2D eigenvalue weighted by atomic mass is 9.94. The van der Waals surface area contributed by atoms with Crippen molar-refractivity contribution in [3.63, 3.8) is 0 Å². The van der Waals surface area contributed by atoms with Gasteiger partial charge in [-0.15, -0.1) is 0 Å². The molecular weight excluding hydrogens is 333 g/mol. The molecule has 1 aromatic heterocycles. The number of hydrogen-bond acceptors (Lipinski definition) is 4. The Bertz CT molecular complexity index is 709. The first-order chi connectivity index (χ1) is 11.9. The highest BCUT2D eigenvalue weighted by molar-refractivity contribution is 5.26. The van der Waals surface area contributed by atoms with Gasteiger partial charge in [-0.25, -0.2) is 0 Å². The van der Waals surface area contributed by atoms with Crippen molar-refractivity contribution in [2.24, 2.45) is 0 Å². The fourth-order valence-electron chi connectivity index (χ4n) is 3.32. The van der Waals surface area contributed by atoms with Gasteiger partial charge in [0, 0.05) is 30.9 Å². The van der Waals surface area contributed by atoms with E-state index < -0.39 is 30.0 Å². The zero-order valence-corrected chi connectivity index (χ0v) is 13.3. The molecule has 1 heterocycles. The Morgan fingerprint density at radius 2 is 1.96 bits per heavy atom. The van der Waals surface area contributed by atoms with Gasteiger partial charge in [-0.3, -0.25) is 4.98 Å². The lowest BCUT2D eigenvalue weighted by Crippen LogP contribution is -2.41. The number of alkyl halides is 3. The van der Waals surface area contributed by atoms with Gasteiger partial charge in [-0.2, -0.15) is 13.2 Å². The van der Waals surface area contributed by atoms with Gasteiger partial charge in [0.25, 0.3) is 0 Å². The van der Waals surface area contributed by atoms with Gasteiger partial charge in [-0.1, -0.05) is 24.3 Å². The first kappa shape index (κ1) is 17.8. The van der Waals surface area contributed by atoms with Crippen LogP contribution in [0.25, 0.3) is 0 Å². The molecule has 0 amide bonds. The van der Waals surface area contributed by atoms with Gasteiger partial charge in [0.2, 0.25) is 0 Å². The maximum absolute atomic E-state index is 12.8. The largest absolute Gasteiger partial charge is 0.416 e. The van der Waals surface area contributed by atoms with Crippen molar-refractivity contribution >= 4 is 0 Å². The van der Waals surface area contributed by atoms with E-state index in [-0.39, 0.29) is 12.5 Å². The molecule has 1 aliphatic carbocycles. The zero-order chi connectivity index (χ0) is 18.0. The Morgan fingerprint density at radius 1 is 1.16 bits per heavy atom. The Hall–Kier alpha value is -1.96. The summed E-state index contributed by atoms with van der Waals surface area (Å²) in [5.41, 5.74) is 0.635. The third kappa shape index (κ3) is 4.00. The van der Waals surface area contributed by atoms with Crippen LogP contribution in [0.3, 0.4) is 0 Å². The van der Waals surface area contributed by atoms with E-state index in [4.69, 9.17) is 0 Å². The van der Waals surface area contributed by atoms with Crippen molar-refractivity contribution < 1.29 is 23.4 Å². The molecule has 0 bridgehead atoms. The standard InChI is InChI=1S/C18H19F3N2O2/c19-18(20,21)13-5-1-3-11(7-13)9-23-16-14(8-15(24)17(16)25)12-4-2-6-22-10-12/h1-7,10,14-17,23-25H,8-9H2/t14-,15-,16-,17-/m1/s1. The number of hydrogen-bond donors (Lipinski definition) is 3. The number of halogens is 3. The minimum absolute atomic E-state index is 0.162. The molecule has 1 saturated carbocycles. The van der Waals surface area contributed by atoms with E-state index in [0.29, 0.717) is 12.0 Å². The van der Waals surface area contributed by atoms with Crippen LogP contribution in [0.15, 0.2) is 48.8 Å². The second-order valence-electron chi connectivity index (χ2n) is 6.29. The number of nitrogens with zero attached hydrogens (tertiary/aromatic N) is 1. The van der Waals surface area contributed by atoms with Gasteiger partial charge >= 0.3 is 6.18 Å². The maximum atomic E-state index is 12.8. The third-order valence-corrected chi connectivity index (χ3v) is 4.60. The fourth-order valence-corrected chi connectivity index (χ4v) is 3.32. The predicted octanol–water partition coefficient (Wildman–Crippen LogP) is 2.47. The first-order valence-electron chi connectivity index (χ1n) is 8.02. The summed E-state index contributed by atoms with van der Waals surface area (Å²) in [4.78, 5) is 4.05. The number of nitrogens with one attached hydrogen (secondary N) is 1. The highest BCUT2D eigenvalue weighted by Crippen LogP contribution is 2.35. The topological polar surface area (TPSA) is 65.4 Å². The van der Waals surface area contributed by atoms with Crippen LogP contribution in [0.1, 0.15) is 29.0 Å². The molecule has 0 unspecified atom stereocenters. The van der Waals surface area contributed by atoms with Crippen LogP contribution in [0, 0.1) is 0 Å². The monoisotopic (exact) mass is 352 g/mol. The Morgan fingerprint density at radius 3 is 2.64 bits per heavy atom. The van der Waals surface area contributed by atoms with E-state index in [2.05, 4.69) is 10.3 Å². The summed E-state index contributed by atoms with van der Waals surface area (Å²) >= 11 is 0. The normalized spacial score (nSPS) is 26.8. The first-order valence-corrected chi connectivity index (χ1v) is 8.02. The van der Waals surface area contributed by atoms with E-state index in [1.807, 2.05) is 6.07 Å². The highest BCUT2D eigenvalue weighted by Gasteiger charge is 2.42. The second-order valence-corrected chi connectivity index (χ2v) is 6.29. The molecule has 0 radical (unpaired) electrons. The molecule has 0 spiro atoms. The molecule has 4 atom stereocenters. The molecule has 0 aliphatic heterocycles. The van der Waals surface area contributed by atoms with E-state index in [9.17, 15) is 23.4 Å². The van der Waals surface area contributed by atoms with Crippen molar-refractivity contribution in [2.75, 3.05) is 0 Å². The van der Waals surface area contributed by atoms with Crippen molar-refractivity contribution in [2.45, 2.75) is 43.3 Å². The molecule has 134 valence electrons. The Balaban J connectivity index is 1.74. The molecule has 25 heavy (non-hydrogen) atoms. The summed E-state index contributed by atoms with van der Waals surface area (Å²) in [6.45, 7) is 0.162. The number of aromatic nitrogens is 1. The molecule has 1 aliphatic rings. The predicted molar refractivity (Wildman–Crippen MR) is 85.7 cm³/mol. The van der Waals surface area contributed by atoms with Crippen LogP contribution in [-0.2, 0) is 12.7 Å². The molecule has 0 saturated heterocycles. The number of aliphatic hydroxyl groups is 2. The summed E-state index contributed by atoms with van der Waals surface area (Å²) < 4.78 is 38.4. The summed E-state index contributed by atoms with van der Waals surface area (Å²) in [6.07, 6.45) is -2.59. The van der Waals surface area contributed by atoms with Crippen LogP contribution >= 0.6 is 0 Å². The van der Waals surface area contributed by atoms with Crippen molar-refractivity contribution in [1.82, 2.24) is 10.3 Å². The fraction of sp³-hybridized carbons (Fsp3) is 0.389. The van der Waals surface area contributed by atoms with Crippen LogP contribution in [0.2, 0.25) is 0 Å². The minimum atomic E-state index is -4.39. The third-order valence-electron chi connectivity index (χ3n) is 4.60. The Kier molecular flexibility index (Phi) is 5.08. The number of pyridine rings is 1. The SMILES string of the molecule is O[C@H]1[C@H](NCc2cccc(C(F)(F)F)c2)[C@@H](c2cccnc2)C[C@H]1O. The summed E-state index contributed by atoms with van der Waals surface area (Å²) in [5.74, 6) is -0.163. The summed E-state index contributed by atoms with van der Waals surface area (Å²) in [7, 11) is 0. The Labute approximate surface area is 143 Å². The number of aliphatic hydroxyl groups excluding tert-OH is 2. The van der Waals surface area contributed by atoms with Crippen LogP contribution < -0.4 is 5.32 Å². The second kappa shape index (κ2) is 7.11. The smallest absolute Gasteiger partial charge is 0.390 e. The van der Waals surface area contributed by atoms with Crippen molar-refractivity contribution in [3.8, 4) is 0 Å². The molecule has 1 aromatic carbocycles. The summed E-state index contributed by atoms with van der Waals surface area (Å²) in [5, 5.41) is 23.3. The van der Waals surface area contributed by atoms with Crippen molar-refractivity contribution in [3.05, 3.63) is 65.5 Å². The molecule has 3 N–H and O–H groups in total. The van der Waals surface area contributed by atoms with E-state index in [1.165, 1.54) is 6.07 Å². The number of rotatable bonds is 4. The van der Waals surface area contributed by atoms with Gasteiger partial charge in [0.1, 0.15) is 0 Å². The summed E-state index contributed by atoms with van der Waals surface area (Å²) in [6, 6.07) is 8.24. The molecule has 4 nitrogen and oxygen atoms in total. The van der Waals surface area contributed by atoms with Crippen LogP contribution in [0.5, 0.6) is 0 Å². The molecule has 1 fully saturated rings. The van der Waals surface area contributed by atoms with Gasteiger partial charge in [0.05, 0.1) is 17.8 Å². The average molecular weight is 352 g/mol. The maximum Gasteiger partial charge on any atom is 0.416 e. The van der Waals surface area contributed by atoms with Gasteiger partial charge in [-0.05, 0) is 29.7 Å². The zero-order valence-electron chi connectivity index (χ0n) is 13.3.